The van der Waals surface area contributed by atoms with Crippen LogP contribution in [0.15, 0.2) is 182 Å². The van der Waals surface area contributed by atoms with Crippen LogP contribution in [-0.2, 0) is 21.2 Å². The van der Waals surface area contributed by atoms with Crippen molar-refractivity contribution in [1.29, 1.82) is 0 Å². The smallest absolute Gasteiger partial charge is 0.0624 e. The topological polar surface area (TPSA) is 74.6 Å². The molecule has 6 rings (SSSR count). The minimum Gasteiger partial charge on any atom is -0.0624 e. The molecule has 214 valence electrons. The van der Waals surface area contributed by atoms with Crippen molar-refractivity contribution in [3.05, 3.63) is 182 Å². The molecule has 0 aliphatic heterocycles. The SMILES string of the molecule is [O]=[Cr](=[O])([OH])[OH].c1ccc([Si](c2ccccc2)c2ccccc2)cc1.c1ccc([Si](c2ccccc2)c2ccccc2)cc1. The second-order valence-corrected chi connectivity index (χ2v) is 15.8. The fourth-order valence-corrected chi connectivity index (χ4v) is 9.78. The molecule has 0 saturated heterocycles. The second kappa shape index (κ2) is 16.4. The van der Waals surface area contributed by atoms with Crippen LogP contribution in [0.3, 0.4) is 0 Å². The van der Waals surface area contributed by atoms with E-state index in [1.54, 1.807) is 0 Å². The number of hydrogen-bond donors (Lipinski definition) is 2. The van der Waals surface area contributed by atoms with Gasteiger partial charge >= 0.3 is 29.5 Å². The van der Waals surface area contributed by atoms with E-state index in [1.165, 1.54) is 31.1 Å². The molecule has 0 unspecified atom stereocenters. The average molecular weight is 637 g/mol. The Kier molecular flexibility index (Phi) is 12.1. The molecule has 2 radical (unpaired) electrons. The standard InChI is InChI=1S/2C18H15Si.Cr.2H2O.2O/c2*1-4-10-16(11-5-1)19(17-12-6-2-7-13-17)18-14-8-3-9-15-18;;;;;/h2*1-15H;;2*1H2;;/q;;+2;;;;/p-2. The molecule has 2 N–H and O–H groups in total. The van der Waals surface area contributed by atoms with E-state index in [9.17, 15) is 0 Å². The van der Waals surface area contributed by atoms with Gasteiger partial charge < -0.3 is 0 Å². The summed E-state index contributed by atoms with van der Waals surface area (Å²) in [7, 11) is -1.75. The van der Waals surface area contributed by atoms with E-state index in [-0.39, 0.29) is 0 Å². The van der Waals surface area contributed by atoms with Crippen LogP contribution in [0.5, 0.6) is 0 Å². The van der Waals surface area contributed by atoms with Crippen LogP contribution < -0.4 is 31.1 Å². The molecule has 6 aromatic rings. The van der Waals surface area contributed by atoms with Gasteiger partial charge in [0.15, 0.2) is 17.6 Å². The summed E-state index contributed by atoms with van der Waals surface area (Å²) in [5.41, 5.74) is 0. The largest absolute Gasteiger partial charge is 0.154 e. The Bertz CT molecular complexity index is 1410. The first-order valence-electron chi connectivity index (χ1n) is 13.7. The van der Waals surface area contributed by atoms with Crippen molar-refractivity contribution < 1.29 is 29.5 Å². The Morgan fingerprint density at radius 2 is 0.419 bits per heavy atom. The molecule has 6 aromatic carbocycles. The summed E-state index contributed by atoms with van der Waals surface area (Å²) in [6.45, 7) is 0. The van der Waals surface area contributed by atoms with Gasteiger partial charge in [-0.25, -0.2) is 0 Å². The second-order valence-electron chi connectivity index (χ2n) is 9.39. The third kappa shape index (κ3) is 10.5. The normalized spacial score (nSPS) is 10.7. The summed E-state index contributed by atoms with van der Waals surface area (Å²) < 4.78 is 31.9. The minimum absolute atomic E-state index is 0.877. The fourth-order valence-electron chi connectivity index (χ4n) is 4.63. The van der Waals surface area contributed by atoms with Gasteiger partial charge in [0.25, 0.3) is 0 Å². The van der Waals surface area contributed by atoms with Gasteiger partial charge in [-0.1, -0.05) is 213 Å². The predicted octanol–water partition coefficient (Wildman–Crippen LogP) is 3.05. The molecule has 0 bridgehead atoms. The van der Waals surface area contributed by atoms with E-state index in [2.05, 4.69) is 182 Å². The van der Waals surface area contributed by atoms with Crippen LogP contribution in [0.1, 0.15) is 0 Å². The van der Waals surface area contributed by atoms with Gasteiger partial charge in [-0.05, 0) is 0 Å². The van der Waals surface area contributed by atoms with Crippen LogP contribution in [0.2, 0.25) is 0 Å². The first-order chi connectivity index (χ1) is 20.9. The van der Waals surface area contributed by atoms with Crippen LogP contribution >= 0.6 is 0 Å². The van der Waals surface area contributed by atoms with E-state index >= 15 is 0 Å². The molecule has 0 aromatic heterocycles. The summed E-state index contributed by atoms with van der Waals surface area (Å²) in [6, 6.07) is 65.0. The zero-order valence-electron chi connectivity index (χ0n) is 23.4. The average Bonchev–Trinajstić information content (AvgIpc) is 3.04. The van der Waals surface area contributed by atoms with E-state index in [1.807, 2.05) is 0 Å². The molecule has 0 aliphatic rings. The van der Waals surface area contributed by atoms with Crippen molar-refractivity contribution in [2.45, 2.75) is 0 Å². The van der Waals surface area contributed by atoms with Crippen molar-refractivity contribution in [1.82, 2.24) is 0 Å². The van der Waals surface area contributed by atoms with Gasteiger partial charge in [0, 0.05) is 0 Å². The zero-order valence-corrected chi connectivity index (χ0v) is 26.7. The number of benzene rings is 6. The number of hydrogen-bond acceptors (Lipinski definition) is 2. The van der Waals surface area contributed by atoms with Crippen LogP contribution in [0.25, 0.3) is 0 Å². The molecule has 4 nitrogen and oxygen atoms in total. The maximum absolute atomic E-state index is 8.82. The van der Waals surface area contributed by atoms with Crippen molar-refractivity contribution in [3.8, 4) is 0 Å². The van der Waals surface area contributed by atoms with E-state index in [0.717, 1.165) is 0 Å². The summed E-state index contributed by atoms with van der Waals surface area (Å²) >= 11 is -5.25. The summed E-state index contributed by atoms with van der Waals surface area (Å²) in [5.74, 6) is 0. The van der Waals surface area contributed by atoms with Crippen LogP contribution in [-0.4, -0.2) is 25.9 Å². The molecule has 0 saturated carbocycles. The molecule has 0 heterocycles. The molecule has 0 amide bonds. The van der Waals surface area contributed by atoms with E-state index < -0.39 is 31.2 Å². The minimum atomic E-state index is -5.25. The summed E-state index contributed by atoms with van der Waals surface area (Å²) in [6.07, 6.45) is 0. The molecule has 0 aliphatic carbocycles. The van der Waals surface area contributed by atoms with Gasteiger partial charge in [0.2, 0.25) is 0 Å². The van der Waals surface area contributed by atoms with Gasteiger partial charge in [-0.2, -0.15) is 0 Å². The molecule has 0 atom stereocenters. The Labute approximate surface area is 259 Å². The van der Waals surface area contributed by atoms with Gasteiger partial charge in [-0.15, -0.1) is 0 Å². The Morgan fingerprint density at radius 3 is 0.535 bits per heavy atom. The molecule has 43 heavy (non-hydrogen) atoms. The van der Waals surface area contributed by atoms with Gasteiger partial charge in [-0.3, -0.25) is 0 Å². The van der Waals surface area contributed by atoms with E-state index in [0.29, 0.717) is 0 Å². The first-order valence-corrected chi connectivity index (χ1v) is 18.8. The number of rotatable bonds is 6. The Morgan fingerprint density at radius 1 is 0.302 bits per heavy atom. The maximum atomic E-state index is 8.82. The predicted molar refractivity (Wildman–Crippen MR) is 174 cm³/mol. The monoisotopic (exact) mass is 636 g/mol. The van der Waals surface area contributed by atoms with Gasteiger partial charge in [0.1, 0.15) is 0 Å². The Hall–Kier alpha value is -4.19. The molecule has 0 spiro atoms. The van der Waals surface area contributed by atoms with Crippen molar-refractivity contribution >= 4 is 48.7 Å². The molecule has 0 fully saturated rings. The van der Waals surface area contributed by atoms with Gasteiger partial charge in [0.05, 0.1) is 0 Å². The molecular weight excluding hydrogens is 605 g/mol. The summed E-state index contributed by atoms with van der Waals surface area (Å²) in [5, 5.41) is 8.61. The molecule has 7 heteroatoms. The van der Waals surface area contributed by atoms with Crippen LogP contribution in [0.4, 0.5) is 0 Å². The van der Waals surface area contributed by atoms with Crippen molar-refractivity contribution in [2.75, 3.05) is 0 Å². The first kappa shape index (κ1) is 31.7. The van der Waals surface area contributed by atoms with Crippen LogP contribution in [0, 0.1) is 0 Å². The van der Waals surface area contributed by atoms with Crippen molar-refractivity contribution in [3.63, 3.8) is 0 Å². The summed E-state index contributed by atoms with van der Waals surface area (Å²) in [4.78, 5) is 0. The molecular formula is C36H32CrO4Si2. The Balaban J connectivity index is 0.000000171. The van der Waals surface area contributed by atoms with Crippen molar-refractivity contribution in [2.24, 2.45) is 0 Å². The maximum Gasteiger partial charge on any atom is 0.154 e. The third-order valence-electron chi connectivity index (χ3n) is 6.37. The quantitative estimate of drug-likeness (QED) is 0.218. The fraction of sp³-hybridized carbons (Fsp3) is 0. The van der Waals surface area contributed by atoms with E-state index in [4.69, 9.17) is 15.9 Å². The zero-order chi connectivity index (χ0) is 30.3. The third-order valence-corrected chi connectivity index (χ3v) is 11.8.